The number of methoxy groups -OCH3 is 1. The SMILES string of the molecule is CCN1CCN(CCCCNC(=NC)NCC(c2ccccc2OC)N2CCCC2)CC1.I. The lowest BCUT2D eigenvalue weighted by atomic mass is 10.0. The Balaban J connectivity index is 0.00000385. The molecule has 2 heterocycles. The molecular weight excluding hydrogens is 527 g/mol. The number of para-hydroxylation sites is 1. The van der Waals surface area contributed by atoms with Crippen LogP contribution in [0, 0.1) is 0 Å². The van der Waals surface area contributed by atoms with E-state index in [2.05, 4.69) is 55.4 Å². The molecule has 188 valence electrons. The molecule has 2 aliphatic heterocycles. The van der Waals surface area contributed by atoms with Gasteiger partial charge in [-0.2, -0.15) is 0 Å². The third-order valence-electron chi connectivity index (χ3n) is 6.87. The number of unbranched alkanes of at least 4 members (excludes halogenated alkanes) is 1. The first kappa shape index (κ1) is 28.1. The molecule has 1 unspecified atom stereocenters. The van der Waals surface area contributed by atoms with E-state index in [1.54, 1.807) is 7.11 Å². The number of nitrogens with zero attached hydrogens (tertiary/aromatic N) is 4. The maximum Gasteiger partial charge on any atom is 0.191 e. The first-order chi connectivity index (χ1) is 15.7. The Bertz CT molecular complexity index is 689. The number of rotatable bonds is 11. The van der Waals surface area contributed by atoms with Crippen LogP contribution in [0.5, 0.6) is 5.75 Å². The summed E-state index contributed by atoms with van der Waals surface area (Å²) >= 11 is 0. The highest BCUT2D eigenvalue weighted by Gasteiger charge is 2.26. The molecule has 1 aromatic rings. The lowest BCUT2D eigenvalue weighted by Crippen LogP contribution is -2.46. The molecule has 7 nitrogen and oxygen atoms in total. The second-order valence-electron chi connectivity index (χ2n) is 8.86. The van der Waals surface area contributed by atoms with Crippen molar-refractivity contribution in [1.82, 2.24) is 25.3 Å². The number of guanidine groups is 1. The Kier molecular flexibility index (Phi) is 13.4. The van der Waals surface area contributed by atoms with E-state index >= 15 is 0 Å². The van der Waals surface area contributed by atoms with E-state index in [0.717, 1.165) is 44.3 Å². The van der Waals surface area contributed by atoms with Gasteiger partial charge in [0.1, 0.15) is 5.75 Å². The number of halogens is 1. The number of piperazine rings is 1. The van der Waals surface area contributed by atoms with Gasteiger partial charge >= 0.3 is 0 Å². The monoisotopic (exact) mass is 572 g/mol. The van der Waals surface area contributed by atoms with Gasteiger partial charge in [0.25, 0.3) is 0 Å². The van der Waals surface area contributed by atoms with E-state index in [4.69, 9.17) is 4.74 Å². The topological polar surface area (TPSA) is 55.4 Å². The van der Waals surface area contributed by atoms with Gasteiger partial charge in [0.05, 0.1) is 13.2 Å². The molecule has 2 fully saturated rings. The first-order valence-corrected chi connectivity index (χ1v) is 12.5. The minimum Gasteiger partial charge on any atom is -0.496 e. The zero-order valence-electron chi connectivity index (χ0n) is 20.9. The van der Waals surface area contributed by atoms with Gasteiger partial charge in [-0.25, -0.2) is 0 Å². The normalized spacial score (nSPS) is 19.2. The molecule has 0 spiro atoms. The lowest BCUT2D eigenvalue weighted by Gasteiger charge is -2.34. The van der Waals surface area contributed by atoms with Crippen LogP contribution in [0.25, 0.3) is 0 Å². The summed E-state index contributed by atoms with van der Waals surface area (Å²) in [4.78, 5) is 12.2. The fourth-order valence-corrected chi connectivity index (χ4v) is 4.84. The van der Waals surface area contributed by atoms with E-state index in [1.165, 1.54) is 64.1 Å². The fourth-order valence-electron chi connectivity index (χ4n) is 4.84. The van der Waals surface area contributed by atoms with Crippen LogP contribution < -0.4 is 15.4 Å². The van der Waals surface area contributed by atoms with Gasteiger partial charge in [-0.15, -0.1) is 24.0 Å². The molecule has 3 rings (SSSR count). The zero-order chi connectivity index (χ0) is 22.6. The highest BCUT2D eigenvalue weighted by atomic mass is 127. The number of hydrogen-bond acceptors (Lipinski definition) is 5. The summed E-state index contributed by atoms with van der Waals surface area (Å²) in [5, 5.41) is 7.09. The number of nitrogens with one attached hydrogen (secondary N) is 2. The number of benzene rings is 1. The molecule has 2 N–H and O–H groups in total. The maximum absolute atomic E-state index is 5.67. The van der Waals surface area contributed by atoms with Gasteiger partial charge in [-0.1, -0.05) is 25.1 Å². The minimum atomic E-state index is 0. The van der Waals surface area contributed by atoms with E-state index in [9.17, 15) is 0 Å². The van der Waals surface area contributed by atoms with E-state index < -0.39 is 0 Å². The summed E-state index contributed by atoms with van der Waals surface area (Å²) in [5.41, 5.74) is 1.25. The van der Waals surface area contributed by atoms with Crippen molar-refractivity contribution in [2.75, 3.05) is 79.6 Å². The number of ether oxygens (including phenoxy) is 1. The molecule has 1 atom stereocenters. The minimum absolute atomic E-state index is 0. The molecule has 0 amide bonds. The van der Waals surface area contributed by atoms with Crippen molar-refractivity contribution in [1.29, 1.82) is 0 Å². The van der Waals surface area contributed by atoms with Crippen molar-refractivity contribution < 1.29 is 4.74 Å². The van der Waals surface area contributed by atoms with Gasteiger partial charge in [0.2, 0.25) is 0 Å². The smallest absolute Gasteiger partial charge is 0.191 e. The molecule has 0 aliphatic carbocycles. The molecule has 2 aliphatic rings. The fraction of sp³-hybridized carbons (Fsp3) is 0.720. The second kappa shape index (κ2) is 15.7. The second-order valence-corrected chi connectivity index (χ2v) is 8.86. The van der Waals surface area contributed by atoms with Crippen LogP contribution in [0.4, 0.5) is 0 Å². The molecule has 8 heteroatoms. The Labute approximate surface area is 218 Å². The number of likely N-dealkylation sites (tertiary alicyclic amines) is 1. The van der Waals surface area contributed by atoms with Crippen molar-refractivity contribution in [3.63, 3.8) is 0 Å². The van der Waals surface area contributed by atoms with Gasteiger partial charge < -0.3 is 25.2 Å². The summed E-state index contributed by atoms with van der Waals surface area (Å²) in [5.74, 6) is 1.86. The predicted octanol–water partition coefficient (Wildman–Crippen LogP) is 3.03. The van der Waals surface area contributed by atoms with E-state index in [1.807, 2.05) is 13.1 Å². The number of likely N-dealkylation sites (N-methyl/N-ethyl adjacent to an activating group) is 1. The lowest BCUT2D eigenvalue weighted by molar-refractivity contribution is 0.136. The average Bonchev–Trinajstić information content (AvgIpc) is 3.38. The highest BCUT2D eigenvalue weighted by molar-refractivity contribution is 14.0. The summed E-state index contributed by atoms with van der Waals surface area (Å²) < 4.78 is 5.67. The Morgan fingerprint density at radius 2 is 1.70 bits per heavy atom. The van der Waals surface area contributed by atoms with Crippen molar-refractivity contribution in [2.24, 2.45) is 4.99 Å². The van der Waals surface area contributed by atoms with Gasteiger partial charge in [0, 0.05) is 51.9 Å². The molecule has 2 saturated heterocycles. The maximum atomic E-state index is 5.67. The van der Waals surface area contributed by atoms with Crippen LogP contribution in [0.2, 0.25) is 0 Å². The van der Waals surface area contributed by atoms with Crippen molar-refractivity contribution in [2.45, 2.75) is 38.6 Å². The summed E-state index contributed by atoms with van der Waals surface area (Å²) in [6.07, 6.45) is 4.93. The average molecular weight is 573 g/mol. The molecule has 0 saturated carbocycles. The van der Waals surface area contributed by atoms with Crippen molar-refractivity contribution >= 4 is 29.9 Å². The molecule has 0 aromatic heterocycles. The van der Waals surface area contributed by atoms with Crippen LogP contribution in [0.15, 0.2) is 29.3 Å². The van der Waals surface area contributed by atoms with Crippen molar-refractivity contribution in [3.05, 3.63) is 29.8 Å². The molecule has 0 bridgehead atoms. The third kappa shape index (κ3) is 8.88. The van der Waals surface area contributed by atoms with Crippen LogP contribution in [0.1, 0.15) is 44.2 Å². The number of aliphatic imine (C=N–C) groups is 1. The Hall–Kier alpha value is -1.10. The van der Waals surface area contributed by atoms with E-state index in [-0.39, 0.29) is 30.0 Å². The Morgan fingerprint density at radius 3 is 2.36 bits per heavy atom. The van der Waals surface area contributed by atoms with Gasteiger partial charge in [-0.05, 0) is 57.9 Å². The summed E-state index contributed by atoms with van der Waals surface area (Å²) in [6.45, 7) is 13.6. The standard InChI is InChI=1S/C25H44N6O.HI/c1-4-29-17-19-30(20-18-29)14-8-7-13-27-25(26-2)28-21-23(31-15-9-10-16-31)22-11-5-6-12-24(22)32-3;/h5-6,11-12,23H,4,7-10,13-21H2,1-3H3,(H2,26,27,28);1H. The van der Waals surface area contributed by atoms with Gasteiger partial charge in [0.15, 0.2) is 5.96 Å². The quantitative estimate of drug-likeness (QED) is 0.184. The molecule has 33 heavy (non-hydrogen) atoms. The molecular formula is C25H45IN6O. The van der Waals surface area contributed by atoms with Crippen LogP contribution in [-0.2, 0) is 0 Å². The highest BCUT2D eigenvalue weighted by Crippen LogP contribution is 2.31. The Morgan fingerprint density at radius 1 is 1.00 bits per heavy atom. The number of hydrogen-bond donors (Lipinski definition) is 2. The van der Waals surface area contributed by atoms with Crippen LogP contribution in [-0.4, -0.2) is 100 Å². The first-order valence-electron chi connectivity index (χ1n) is 12.5. The van der Waals surface area contributed by atoms with Gasteiger partial charge in [-0.3, -0.25) is 9.89 Å². The summed E-state index contributed by atoms with van der Waals surface area (Å²) in [7, 11) is 3.62. The summed E-state index contributed by atoms with van der Waals surface area (Å²) in [6, 6.07) is 8.69. The largest absolute Gasteiger partial charge is 0.496 e. The van der Waals surface area contributed by atoms with Crippen LogP contribution in [0.3, 0.4) is 0 Å². The molecule has 1 aromatic carbocycles. The molecule has 0 radical (unpaired) electrons. The predicted molar refractivity (Wildman–Crippen MR) is 149 cm³/mol. The van der Waals surface area contributed by atoms with Crippen LogP contribution >= 0.6 is 24.0 Å². The van der Waals surface area contributed by atoms with E-state index in [0.29, 0.717) is 0 Å². The third-order valence-corrected chi connectivity index (χ3v) is 6.87. The zero-order valence-corrected chi connectivity index (χ0v) is 23.2. The van der Waals surface area contributed by atoms with Crippen molar-refractivity contribution in [3.8, 4) is 5.75 Å².